The van der Waals surface area contributed by atoms with Gasteiger partial charge in [0.1, 0.15) is 0 Å². The van der Waals surface area contributed by atoms with Gasteiger partial charge >= 0.3 is 0 Å². The predicted octanol–water partition coefficient (Wildman–Crippen LogP) is -0.280. The summed E-state index contributed by atoms with van der Waals surface area (Å²) in [6, 6.07) is 4.97. The van der Waals surface area contributed by atoms with Gasteiger partial charge in [-0.3, -0.25) is 0 Å². The van der Waals surface area contributed by atoms with Crippen LogP contribution in [0.25, 0.3) is 0 Å². The molecule has 7 nitrogen and oxygen atoms in total. The van der Waals surface area contributed by atoms with Crippen LogP contribution in [0.1, 0.15) is 0 Å². The van der Waals surface area contributed by atoms with E-state index in [2.05, 4.69) is 0 Å². The summed E-state index contributed by atoms with van der Waals surface area (Å²) in [6.45, 7) is -0.0717. The Kier molecular flexibility index (Phi) is 6.29. The van der Waals surface area contributed by atoms with Gasteiger partial charge in [-0.25, -0.2) is 16.8 Å². The summed E-state index contributed by atoms with van der Waals surface area (Å²) >= 11 is 0. The predicted molar refractivity (Wildman–Crippen MR) is 77.3 cm³/mol. The van der Waals surface area contributed by atoms with E-state index in [1.165, 1.54) is 31.4 Å². The second-order valence-corrected chi connectivity index (χ2v) is 8.32. The zero-order valence-electron chi connectivity index (χ0n) is 11.9. The van der Waals surface area contributed by atoms with Crippen molar-refractivity contribution in [3.8, 4) is 0 Å². The van der Waals surface area contributed by atoms with Crippen LogP contribution < -0.4 is 0 Å². The molecule has 0 bridgehead atoms. The molecule has 0 unspecified atom stereocenters. The van der Waals surface area contributed by atoms with Crippen molar-refractivity contribution in [2.24, 2.45) is 0 Å². The number of hydrogen-bond donors (Lipinski definition) is 1. The number of rotatable bonds is 8. The number of nitrogens with zero attached hydrogens (tertiary/aromatic N) is 1. The van der Waals surface area contributed by atoms with Crippen LogP contribution in [0.3, 0.4) is 0 Å². The summed E-state index contributed by atoms with van der Waals surface area (Å²) in [6.07, 6.45) is 1.05. The maximum atomic E-state index is 12.4. The first-order chi connectivity index (χ1) is 9.73. The van der Waals surface area contributed by atoms with E-state index in [-0.39, 0.29) is 36.1 Å². The molecule has 0 aliphatic heterocycles. The van der Waals surface area contributed by atoms with Crippen molar-refractivity contribution in [1.29, 1.82) is 0 Å². The van der Waals surface area contributed by atoms with Gasteiger partial charge in [0.15, 0.2) is 9.84 Å². The molecule has 0 aromatic heterocycles. The summed E-state index contributed by atoms with van der Waals surface area (Å²) in [5.41, 5.74) is 0. The Morgan fingerprint density at radius 3 is 2.00 bits per heavy atom. The molecule has 21 heavy (non-hydrogen) atoms. The van der Waals surface area contributed by atoms with Crippen LogP contribution in [0.15, 0.2) is 34.1 Å². The quantitative estimate of drug-likeness (QED) is 0.700. The highest BCUT2D eigenvalue weighted by atomic mass is 32.2. The van der Waals surface area contributed by atoms with Crippen molar-refractivity contribution in [2.45, 2.75) is 9.79 Å². The van der Waals surface area contributed by atoms with Crippen LogP contribution >= 0.6 is 0 Å². The van der Waals surface area contributed by atoms with E-state index >= 15 is 0 Å². The number of ether oxygens (including phenoxy) is 1. The van der Waals surface area contributed by atoms with Gasteiger partial charge in [0.2, 0.25) is 10.0 Å². The minimum atomic E-state index is -3.80. The van der Waals surface area contributed by atoms with Crippen LogP contribution in [-0.2, 0) is 24.6 Å². The van der Waals surface area contributed by atoms with Crippen molar-refractivity contribution >= 4 is 19.9 Å². The Morgan fingerprint density at radius 2 is 1.57 bits per heavy atom. The van der Waals surface area contributed by atoms with E-state index in [0.29, 0.717) is 0 Å². The smallest absolute Gasteiger partial charge is 0.243 e. The molecule has 0 heterocycles. The first kappa shape index (κ1) is 18.1. The normalized spacial score (nSPS) is 12.8. The highest BCUT2D eigenvalue weighted by molar-refractivity contribution is 7.90. The SMILES string of the molecule is COCCN(CCO)S(=O)(=O)c1ccc(S(C)(=O)=O)cc1. The number of sulfonamides is 1. The van der Waals surface area contributed by atoms with Gasteiger partial charge < -0.3 is 9.84 Å². The standard InChI is InChI=1S/C12H19NO6S2/c1-19-10-8-13(7-9-14)21(17,18)12-5-3-11(4-6-12)20(2,15)16/h3-6,14H,7-10H2,1-2H3. The molecule has 1 rings (SSSR count). The molecular formula is C12H19NO6S2. The number of aliphatic hydroxyl groups excluding tert-OH is 1. The molecule has 0 aliphatic rings. The third-order valence-electron chi connectivity index (χ3n) is 2.78. The van der Waals surface area contributed by atoms with Gasteiger partial charge in [-0.1, -0.05) is 0 Å². The Labute approximate surface area is 125 Å². The average molecular weight is 337 g/mol. The summed E-state index contributed by atoms with van der Waals surface area (Å²) in [4.78, 5) is 0.0199. The molecular weight excluding hydrogens is 318 g/mol. The van der Waals surface area contributed by atoms with Crippen molar-refractivity contribution < 1.29 is 26.7 Å². The number of benzene rings is 1. The van der Waals surface area contributed by atoms with E-state index in [9.17, 15) is 16.8 Å². The molecule has 0 aliphatic carbocycles. The van der Waals surface area contributed by atoms with Crippen molar-refractivity contribution in [3.63, 3.8) is 0 Å². The van der Waals surface area contributed by atoms with Gasteiger partial charge in [0.05, 0.1) is 23.0 Å². The Hall–Kier alpha value is -1.00. The maximum Gasteiger partial charge on any atom is 0.243 e. The fourth-order valence-electron chi connectivity index (χ4n) is 1.66. The molecule has 1 N–H and O–H groups in total. The molecule has 0 fully saturated rings. The number of aliphatic hydroxyl groups is 1. The molecule has 9 heteroatoms. The molecule has 1 aromatic rings. The zero-order chi connectivity index (χ0) is 16.1. The molecule has 1 aromatic carbocycles. The van der Waals surface area contributed by atoms with Crippen molar-refractivity contribution in [2.75, 3.05) is 39.7 Å². The lowest BCUT2D eigenvalue weighted by atomic mass is 10.4. The summed E-state index contributed by atoms with van der Waals surface area (Å²) in [5, 5.41) is 8.97. The van der Waals surface area contributed by atoms with E-state index in [1.807, 2.05) is 0 Å². The molecule has 0 spiro atoms. The minimum Gasteiger partial charge on any atom is -0.395 e. The first-order valence-corrected chi connectivity index (χ1v) is 9.46. The highest BCUT2D eigenvalue weighted by Gasteiger charge is 2.24. The van der Waals surface area contributed by atoms with Crippen molar-refractivity contribution in [3.05, 3.63) is 24.3 Å². The lowest BCUT2D eigenvalue weighted by Crippen LogP contribution is -2.36. The van der Waals surface area contributed by atoms with Crippen LogP contribution in [0.4, 0.5) is 0 Å². The average Bonchev–Trinajstić information content (AvgIpc) is 2.42. The Bertz CT molecular complexity index is 651. The third-order valence-corrected chi connectivity index (χ3v) is 5.83. The Balaban J connectivity index is 3.10. The fraction of sp³-hybridized carbons (Fsp3) is 0.500. The lowest BCUT2D eigenvalue weighted by molar-refractivity contribution is 0.168. The van der Waals surface area contributed by atoms with E-state index < -0.39 is 19.9 Å². The van der Waals surface area contributed by atoms with Gasteiger partial charge in [-0.15, -0.1) is 0 Å². The zero-order valence-corrected chi connectivity index (χ0v) is 13.5. The molecule has 0 radical (unpaired) electrons. The number of methoxy groups -OCH3 is 1. The monoisotopic (exact) mass is 337 g/mol. The summed E-state index contributed by atoms with van der Waals surface area (Å²) in [7, 11) is -5.73. The van der Waals surface area contributed by atoms with Crippen molar-refractivity contribution in [1.82, 2.24) is 4.31 Å². The van der Waals surface area contributed by atoms with Crippen LogP contribution in [0.2, 0.25) is 0 Å². The van der Waals surface area contributed by atoms with Gasteiger partial charge in [0.25, 0.3) is 0 Å². The number of sulfone groups is 1. The molecule has 0 atom stereocenters. The van der Waals surface area contributed by atoms with Crippen LogP contribution in [0.5, 0.6) is 0 Å². The van der Waals surface area contributed by atoms with Gasteiger partial charge in [-0.05, 0) is 24.3 Å². The Morgan fingerprint density at radius 1 is 1.05 bits per heavy atom. The summed E-state index contributed by atoms with van der Waals surface area (Å²) in [5.74, 6) is 0. The van der Waals surface area contributed by atoms with Gasteiger partial charge in [0, 0.05) is 26.5 Å². The molecule has 120 valence electrons. The highest BCUT2D eigenvalue weighted by Crippen LogP contribution is 2.18. The molecule has 0 saturated heterocycles. The van der Waals surface area contributed by atoms with Gasteiger partial charge in [-0.2, -0.15) is 4.31 Å². The second kappa shape index (κ2) is 7.32. The van der Waals surface area contributed by atoms with Crippen LogP contribution in [-0.4, -0.2) is 65.9 Å². The van der Waals surface area contributed by atoms with E-state index in [1.54, 1.807) is 0 Å². The lowest BCUT2D eigenvalue weighted by Gasteiger charge is -2.21. The van der Waals surface area contributed by atoms with E-state index in [0.717, 1.165) is 10.6 Å². The fourth-order valence-corrected chi connectivity index (χ4v) is 3.71. The molecule has 0 amide bonds. The maximum absolute atomic E-state index is 12.4. The topological polar surface area (TPSA) is 101 Å². The summed E-state index contributed by atoms with van der Waals surface area (Å²) < 4.78 is 53.5. The minimum absolute atomic E-state index is 0.0283. The third kappa shape index (κ3) is 4.75. The number of hydrogen-bond acceptors (Lipinski definition) is 6. The molecule has 0 saturated carbocycles. The first-order valence-electron chi connectivity index (χ1n) is 6.13. The largest absolute Gasteiger partial charge is 0.395 e. The van der Waals surface area contributed by atoms with Crippen LogP contribution in [0, 0.1) is 0 Å². The van der Waals surface area contributed by atoms with E-state index in [4.69, 9.17) is 9.84 Å². The second-order valence-electron chi connectivity index (χ2n) is 4.36.